The summed E-state index contributed by atoms with van der Waals surface area (Å²) < 4.78 is 1.58. The molecule has 0 unspecified atom stereocenters. The number of aliphatic hydroxyl groups is 1. The van der Waals surface area contributed by atoms with E-state index in [9.17, 15) is 5.11 Å². The standard InChI is InChI=1S/C11H12ClN3O/c1-11(2,16)10-7-15(14-13-10)9-5-3-4-8(12)6-9/h3-7,16H,1-2H3. The number of nitrogens with zero attached hydrogens (tertiary/aromatic N) is 3. The predicted molar refractivity (Wildman–Crippen MR) is 61.6 cm³/mol. The Labute approximate surface area is 98.5 Å². The van der Waals surface area contributed by atoms with Crippen LogP contribution in [-0.4, -0.2) is 20.1 Å². The van der Waals surface area contributed by atoms with Crippen LogP contribution in [0.3, 0.4) is 0 Å². The lowest BCUT2D eigenvalue weighted by Gasteiger charge is -2.11. The highest BCUT2D eigenvalue weighted by molar-refractivity contribution is 6.30. The van der Waals surface area contributed by atoms with Crippen LogP contribution in [0.15, 0.2) is 30.5 Å². The summed E-state index contributed by atoms with van der Waals surface area (Å²) in [6, 6.07) is 7.28. The van der Waals surface area contributed by atoms with Gasteiger partial charge in [0.2, 0.25) is 0 Å². The molecule has 0 saturated heterocycles. The second-order valence-corrected chi connectivity index (χ2v) is 4.52. The Hall–Kier alpha value is -1.39. The number of rotatable bonds is 2. The Kier molecular flexibility index (Phi) is 2.69. The first-order valence-electron chi connectivity index (χ1n) is 4.88. The van der Waals surface area contributed by atoms with Crippen molar-refractivity contribution in [2.45, 2.75) is 19.4 Å². The van der Waals surface area contributed by atoms with Gasteiger partial charge in [0.15, 0.2) is 0 Å². The summed E-state index contributed by atoms with van der Waals surface area (Å²) >= 11 is 5.88. The fraction of sp³-hybridized carbons (Fsp3) is 0.273. The van der Waals surface area contributed by atoms with Crippen LogP contribution in [0.2, 0.25) is 5.02 Å². The molecule has 0 spiro atoms. The zero-order valence-corrected chi connectivity index (χ0v) is 9.81. The summed E-state index contributed by atoms with van der Waals surface area (Å²) in [5.41, 5.74) is 0.347. The molecular formula is C11H12ClN3O. The van der Waals surface area contributed by atoms with Crippen LogP contribution in [-0.2, 0) is 5.60 Å². The van der Waals surface area contributed by atoms with Crippen molar-refractivity contribution >= 4 is 11.6 Å². The van der Waals surface area contributed by atoms with Crippen molar-refractivity contribution in [2.75, 3.05) is 0 Å². The van der Waals surface area contributed by atoms with E-state index in [1.165, 1.54) is 0 Å². The zero-order valence-electron chi connectivity index (χ0n) is 9.05. The molecule has 1 N–H and O–H groups in total. The van der Waals surface area contributed by atoms with Crippen molar-refractivity contribution in [3.8, 4) is 5.69 Å². The van der Waals surface area contributed by atoms with Gasteiger partial charge < -0.3 is 5.11 Å². The molecule has 0 amide bonds. The second kappa shape index (κ2) is 3.88. The highest BCUT2D eigenvalue weighted by atomic mass is 35.5. The first-order valence-corrected chi connectivity index (χ1v) is 5.26. The summed E-state index contributed by atoms with van der Waals surface area (Å²) in [5, 5.41) is 18.3. The van der Waals surface area contributed by atoms with Crippen molar-refractivity contribution in [1.82, 2.24) is 15.0 Å². The van der Waals surface area contributed by atoms with Gasteiger partial charge in [0.25, 0.3) is 0 Å². The molecule has 16 heavy (non-hydrogen) atoms. The molecule has 0 aliphatic heterocycles. The molecule has 0 saturated carbocycles. The van der Waals surface area contributed by atoms with E-state index in [2.05, 4.69) is 10.3 Å². The fourth-order valence-electron chi connectivity index (χ4n) is 1.29. The van der Waals surface area contributed by atoms with Gasteiger partial charge in [-0.3, -0.25) is 0 Å². The first-order chi connectivity index (χ1) is 7.47. The number of halogens is 1. The average Bonchev–Trinajstić information content (AvgIpc) is 2.65. The van der Waals surface area contributed by atoms with E-state index in [0.717, 1.165) is 5.69 Å². The minimum absolute atomic E-state index is 0.521. The quantitative estimate of drug-likeness (QED) is 0.871. The van der Waals surface area contributed by atoms with E-state index < -0.39 is 5.60 Å². The van der Waals surface area contributed by atoms with Crippen molar-refractivity contribution < 1.29 is 5.11 Å². The van der Waals surface area contributed by atoms with Crippen molar-refractivity contribution in [3.05, 3.63) is 41.2 Å². The van der Waals surface area contributed by atoms with Gasteiger partial charge in [-0.1, -0.05) is 22.9 Å². The largest absolute Gasteiger partial charge is 0.384 e. The fourth-order valence-corrected chi connectivity index (χ4v) is 1.47. The van der Waals surface area contributed by atoms with E-state index in [1.54, 1.807) is 36.9 Å². The molecule has 1 aromatic carbocycles. The number of aromatic nitrogens is 3. The molecular weight excluding hydrogens is 226 g/mol. The Morgan fingerprint density at radius 3 is 2.69 bits per heavy atom. The van der Waals surface area contributed by atoms with Gasteiger partial charge in [0, 0.05) is 5.02 Å². The molecule has 2 rings (SSSR count). The topological polar surface area (TPSA) is 50.9 Å². The average molecular weight is 238 g/mol. The van der Waals surface area contributed by atoms with E-state index in [-0.39, 0.29) is 0 Å². The maximum atomic E-state index is 9.76. The van der Waals surface area contributed by atoms with Gasteiger partial charge in [0.1, 0.15) is 11.3 Å². The van der Waals surface area contributed by atoms with Gasteiger partial charge in [-0.2, -0.15) is 0 Å². The molecule has 1 aromatic heterocycles. The van der Waals surface area contributed by atoms with Crippen LogP contribution >= 0.6 is 11.6 Å². The van der Waals surface area contributed by atoms with Crippen LogP contribution in [0.1, 0.15) is 19.5 Å². The van der Waals surface area contributed by atoms with Crippen molar-refractivity contribution in [2.24, 2.45) is 0 Å². The molecule has 0 aliphatic rings. The molecule has 4 nitrogen and oxygen atoms in total. The van der Waals surface area contributed by atoms with Crippen LogP contribution in [0.5, 0.6) is 0 Å². The maximum absolute atomic E-state index is 9.76. The first kappa shape index (κ1) is 11.1. The summed E-state index contributed by atoms with van der Waals surface area (Å²) in [7, 11) is 0. The van der Waals surface area contributed by atoms with E-state index in [4.69, 9.17) is 11.6 Å². The lowest BCUT2D eigenvalue weighted by molar-refractivity contribution is 0.0737. The van der Waals surface area contributed by atoms with Gasteiger partial charge in [-0.15, -0.1) is 5.10 Å². The maximum Gasteiger partial charge on any atom is 0.114 e. The summed E-state index contributed by atoms with van der Waals surface area (Å²) in [5.74, 6) is 0. The molecule has 2 aromatic rings. The highest BCUT2D eigenvalue weighted by Gasteiger charge is 2.20. The van der Waals surface area contributed by atoms with E-state index in [1.807, 2.05) is 12.1 Å². The Balaban J connectivity index is 2.39. The SMILES string of the molecule is CC(C)(O)c1cn(-c2cccc(Cl)c2)nn1. The number of hydrogen-bond donors (Lipinski definition) is 1. The number of hydrogen-bond acceptors (Lipinski definition) is 3. The molecule has 1 heterocycles. The lowest BCUT2D eigenvalue weighted by Crippen LogP contribution is -2.15. The Bertz CT molecular complexity index is 502. The van der Waals surface area contributed by atoms with Crippen molar-refractivity contribution in [3.63, 3.8) is 0 Å². The Morgan fingerprint density at radius 1 is 1.38 bits per heavy atom. The van der Waals surface area contributed by atoms with E-state index >= 15 is 0 Å². The van der Waals surface area contributed by atoms with E-state index in [0.29, 0.717) is 10.7 Å². The summed E-state index contributed by atoms with van der Waals surface area (Å²) in [6.07, 6.45) is 1.69. The van der Waals surface area contributed by atoms with Crippen LogP contribution in [0.4, 0.5) is 0 Å². The molecule has 5 heteroatoms. The second-order valence-electron chi connectivity index (χ2n) is 4.09. The third-order valence-corrected chi connectivity index (χ3v) is 2.43. The molecule has 0 bridgehead atoms. The van der Waals surface area contributed by atoms with Crippen LogP contribution < -0.4 is 0 Å². The molecule has 0 aliphatic carbocycles. The summed E-state index contributed by atoms with van der Waals surface area (Å²) in [4.78, 5) is 0. The molecule has 84 valence electrons. The summed E-state index contributed by atoms with van der Waals surface area (Å²) in [6.45, 7) is 3.33. The smallest absolute Gasteiger partial charge is 0.114 e. The third kappa shape index (κ3) is 2.23. The zero-order chi connectivity index (χ0) is 11.8. The predicted octanol–water partition coefficient (Wildman–Crippen LogP) is 2.15. The van der Waals surface area contributed by atoms with Crippen molar-refractivity contribution in [1.29, 1.82) is 0 Å². The third-order valence-electron chi connectivity index (χ3n) is 2.19. The number of benzene rings is 1. The monoisotopic (exact) mass is 237 g/mol. The Morgan fingerprint density at radius 2 is 2.12 bits per heavy atom. The van der Waals surface area contributed by atoms with Gasteiger partial charge >= 0.3 is 0 Å². The van der Waals surface area contributed by atoms with Gasteiger partial charge in [-0.25, -0.2) is 4.68 Å². The van der Waals surface area contributed by atoms with Gasteiger partial charge in [0.05, 0.1) is 11.9 Å². The van der Waals surface area contributed by atoms with Crippen LogP contribution in [0, 0.1) is 0 Å². The van der Waals surface area contributed by atoms with Gasteiger partial charge in [-0.05, 0) is 32.0 Å². The highest BCUT2D eigenvalue weighted by Crippen LogP contribution is 2.19. The molecule has 0 fully saturated rings. The minimum Gasteiger partial charge on any atom is -0.384 e. The molecule has 0 radical (unpaired) electrons. The lowest BCUT2D eigenvalue weighted by atomic mass is 10.1. The molecule has 0 atom stereocenters. The normalized spacial score (nSPS) is 11.8. The minimum atomic E-state index is -0.989. The van der Waals surface area contributed by atoms with Crippen LogP contribution in [0.25, 0.3) is 5.69 Å².